The SMILES string of the molecule is CCC[C@H](NC(=O)C1(NC(=O)OC(C)(C)C)CCCCC1)C(=O)c1nnc(-c2ccco2)o1. The Bertz CT molecular complexity index is 954. The first kappa shape index (κ1) is 24.5. The number of hydrogen-bond acceptors (Lipinski definition) is 8. The normalized spacial score (nSPS) is 16.6. The van der Waals surface area contributed by atoms with Gasteiger partial charge >= 0.3 is 6.09 Å². The molecule has 0 saturated heterocycles. The number of alkyl carbamates (subject to hydrolysis) is 1. The van der Waals surface area contributed by atoms with Crippen molar-refractivity contribution >= 4 is 17.8 Å². The molecule has 0 unspecified atom stereocenters. The molecule has 1 aliphatic carbocycles. The number of furan rings is 1. The lowest BCUT2D eigenvalue weighted by molar-refractivity contribution is -0.129. The summed E-state index contributed by atoms with van der Waals surface area (Å²) in [4.78, 5) is 39.0. The van der Waals surface area contributed by atoms with Crippen molar-refractivity contribution in [2.45, 2.75) is 89.8 Å². The molecule has 10 nitrogen and oxygen atoms in total. The highest BCUT2D eigenvalue weighted by Crippen LogP contribution is 2.29. The third kappa shape index (κ3) is 6.21. The average Bonchev–Trinajstić information content (AvgIpc) is 3.44. The Hall–Kier alpha value is -3.17. The van der Waals surface area contributed by atoms with E-state index >= 15 is 0 Å². The number of aromatic nitrogens is 2. The summed E-state index contributed by atoms with van der Waals surface area (Å²) in [6, 6.07) is 2.44. The molecule has 1 fully saturated rings. The van der Waals surface area contributed by atoms with Crippen LogP contribution in [0.5, 0.6) is 0 Å². The van der Waals surface area contributed by atoms with Crippen LogP contribution in [-0.4, -0.2) is 45.2 Å². The fourth-order valence-electron chi connectivity index (χ4n) is 3.89. The van der Waals surface area contributed by atoms with Gasteiger partial charge in [0.05, 0.1) is 12.3 Å². The summed E-state index contributed by atoms with van der Waals surface area (Å²) < 4.78 is 16.1. The van der Waals surface area contributed by atoms with Crippen LogP contribution in [0.25, 0.3) is 11.7 Å². The molecule has 2 amide bonds. The number of Topliss-reactive ketones (excluding diaryl/α,β-unsaturated/α-hetero) is 1. The largest absolute Gasteiger partial charge is 0.459 e. The van der Waals surface area contributed by atoms with Crippen LogP contribution in [0.4, 0.5) is 4.79 Å². The minimum Gasteiger partial charge on any atom is -0.459 e. The van der Waals surface area contributed by atoms with Crippen molar-refractivity contribution in [3.63, 3.8) is 0 Å². The van der Waals surface area contributed by atoms with Gasteiger partial charge in [0.15, 0.2) is 5.76 Å². The van der Waals surface area contributed by atoms with Crippen molar-refractivity contribution in [3.05, 3.63) is 24.3 Å². The Kier molecular flexibility index (Phi) is 7.55. The van der Waals surface area contributed by atoms with Crippen molar-refractivity contribution in [1.29, 1.82) is 0 Å². The number of amides is 2. The summed E-state index contributed by atoms with van der Waals surface area (Å²) in [5.74, 6) is -0.678. The first-order valence-corrected chi connectivity index (χ1v) is 11.4. The number of ketones is 1. The highest BCUT2D eigenvalue weighted by molar-refractivity contribution is 6.00. The predicted molar refractivity (Wildman–Crippen MR) is 118 cm³/mol. The molecule has 2 aromatic heterocycles. The Balaban J connectivity index is 1.76. The van der Waals surface area contributed by atoms with Crippen molar-refractivity contribution < 1.29 is 28.0 Å². The smallest absolute Gasteiger partial charge is 0.408 e. The molecular formula is C23H32N4O6. The zero-order chi connectivity index (χ0) is 24.1. The molecule has 0 bridgehead atoms. The Morgan fingerprint density at radius 1 is 1.18 bits per heavy atom. The van der Waals surface area contributed by atoms with Gasteiger partial charge in [0.2, 0.25) is 11.7 Å². The standard InChI is InChI=1S/C23H32N4O6/c1-5-10-15(17(28)19-27-26-18(32-19)16-11-9-14-31-16)24-20(29)23(12-7-6-8-13-23)25-21(30)33-22(2,3)4/h9,11,14-15H,5-8,10,12-13H2,1-4H3,(H,24,29)(H,25,30)/t15-/m0/s1. The van der Waals surface area contributed by atoms with Crippen molar-refractivity contribution in [2.75, 3.05) is 0 Å². The van der Waals surface area contributed by atoms with Crippen molar-refractivity contribution in [1.82, 2.24) is 20.8 Å². The number of ether oxygens (including phenoxy) is 1. The lowest BCUT2D eigenvalue weighted by Crippen LogP contribution is -2.62. The molecule has 180 valence electrons. The van der Waals surface area contributed by atoms with Crippen LogP contribution in [0.15, 0.2) is 27.2 Å². The maximum atomic E-state index is 13.4. The van der Waals surface area contributed by atoms with E-state index in [1.165, 1.54) is 6.26 Å². The van der Waals surface area contributed by atoms with Crippen molar-refractivity contribution in [2.24, 2.45) is 0 Å². The summed E-state index contributed by atoms with van der Waals surface area (Å²) in [6.07, 6.45) is 5.30. The number of nitrogens with zero attached hydrogens (tertiary/aromatic N) is 2. The minimum absolute atomic E-state index is 0.0836. The van der Waals surface area contributed by atoms with Crippen LogP contribution in [0.3, 0.4) is 0 Å². The van der Waals surface area contributed by atoms with E-state index in [1.807, 2.05) is 6.92 Å². The van der Waals surface area contributed by atoms with E-state index in [4.69, 9.17) is 13.6 Å². The molecule has 2 heterocycles. The van der Waals surface area contributed by atoms with Crippen LogP contribution in [0.2, 0.25) is 0 Å². The molecular weight excluding hydrogens is 428 g/mol. The van der Waals surface area contributed by atoms with E-state index in [0.717, 1.165) is 19.3 Å². The highest BCUT2D eigenvalue weighted by atomic mass is 16.6. The van der Waals surface area contributed by atoms with Crippen LogP contribution >= 0.6 is 0 Å². The summed E-state index contributed by atoms with van der Waals surface area (Å²) in [7, 11) is 0. The number of nitrogens with one attached hydrogen (secondary N) is 2. The summed E-state index contributed by atoms with van der Waals surface area (Å²) in [5, 5.41) is 13.3. The molecule has 0 aromatic carbocycles. The third-order valence-corrected chi connectivity index (χ3v) is 5.45. The number of hydrogen-bond donors (Lipinski definition) is 2. The molecule has 0 aliphatic heterocycles. The van der Waals surface area contributed by atoms with Gasteiger partial charge in [0.25, 0.3) is 11.8 Å². The van der Waals surface area contributed by atoms with Crippen molar-refractivity contribution in [3.8, 4) is 11.7 Å². The highest BCUT2D eigenvalue weighted by Gasteiger charge is 2.43. The second kappa shape index (κ2) is 10.2. The van der Waals surface area contributed by atoms with Gasteiger partial charge < -0.3 is 24.2 Å². The maximum absolute atomic E-state index is 13.4. The monoisotopic (exact) mass is 460 g/mol. The van der Waals surface area contributed by atoms with Gasteiger partial charge in [-0.05, 0) is 52.2 Å². The predicted octanol–water partition coefficient (Wildman–Crippen LogP) is 4.02. The van der Waals surface area contributed by atoms with Gasteiger partial charge in [-0.1, -0.05) is 32.6 Å². The summed E-state index contributed by atoms with van der Waals surface area (Å²) in [5.41, 5.74) is -1.83. The quantitative estimate of drug-likeness (QED) is 0.564. The molecule has 10 heteroatoms. The molecule has 3 rings (SSSR count). The third-order valence-electron chi connectivity index (χ3n) is 5.45. The van der Waals surface area contributed by atoms with E-state index in [-0.39, 0.29) is 11.8 Å². The fraction of sp³-hybridized carbons (Fsp3) is 0.609. The number of rotatable bonds is 8. The molecule has 33 heavy (non-hydrogen) atoms. The molecule has 0 spiro atoms. The Morgan fingerprint density at radius 3 is 2.52 bits per heavy atom. The van der Waals surface area contributed by atoms with Gasteiger partial charge in [-0.15, -0.1) is 10.2 Å². The average molecular weight is 461 g/mol. The molecule has 1 atom stereocenters. The molecule has 1 saturated carbocycles. The molecule has 1 aliphatic rings. The van der Waals surface area contributed by atoms with Crippen LogP contribution in [-0.2, 0) is 9.53 Å². The van der Waals surface area contributed by atoms with Gasteiger partial charge in [-0.3, -0.25) is 9.59 Å². The maximum Gasteiger partial charge on any atom is 0.408 e. The van der Waals surface area contributed by atoms with E-state index < -0.39 is 35.0 Å². The topological polar surface area (TPSA) is 137 Å². The van der Waals surface area contributed by atoms with Crippen LogP contribution in [0, 0.1) is 0 Å². The van der Waals surface area contributed by atoms with E-state index in [1.54, 1.807) is 32.9 Å². The number of carbonyl (C=O) groups excluding carboxylic acids is 3. The summed E-state index contributed by atoms with van der Waals surface area (Å²) >= 11 is 0. The Morgan fingerprint density at radius 2 is 1.91 bits per heavy atom. The second-order valence-corrected chi connectivity index (χ2v) is 9.34. The van der Waals surface area contributed by atoms with Gasteiger partial charge in [-0.25, -0.2) is 4.79 Å². The second-order valence-electron chi connectivity index (χ2n) is 9.34. The van der Waals surface area contributed by atoms with Crippen LogP contribution in [0.1, 0.15) is 83.3 Å². The minimum atomic E-state index is -1.14. The lowest BCUT2D eigenvalue weighted by Gasteiger charge is -2.37. The molecule has 2 N–H and O–H groups in total. The van der Waals surface area contributed by atoms with Gasteiger partial charge in [0, 0.05) is 0 Å². The molecule has 0 radical (unpaired) electrons. The zero-order valence-corrected chi connectivity index (χ0v) is 19.6. The van der Waals surface area contributed by atoms with E-state index in [0.29, 0.717) is 31.4 Å². The first-order chi connectivity index (χ1) is 15.6. The first-order valence-electron chi connectivity index (χ1n) is 11.4. The summed E-state index contributed by atoms with van der Waals surface area (Å²) in [6.45, 7) is 7.19. The molecule has 2 aromatic rings. The Labute approximate surface area is 192 Å². The zero-order valence-electron chi connectivity index (χ0n) is 19.6. The number of carbonyl (C=O) groups is 3. The lowest BCUT2D eigenvalue weighted by atomic mass is 9.80. The fourth-order valence-corrected chi connectivity index (χ4v) is 3.89. The van der Waals surface area contributed by atoms with Crippen LogP contribution < -0.4 is 10.6 Å². The van der Waals surface area contributed by atoms with E-state index in [2.05, 4.69) is 20.8 Å². The van der Waals surface area contributed by atoms with Gasteiger partial charge in [-0.2, -0.15) is 0 Å². The van der Waals surface area contributed by atoms with Gasteiger partial charge in [0.1, 0.15) is 11.1 Å². The van der Waals surface area contributed by atoms with E-state index in [9.17, 15) is 14.4 Å².